The van der Waals surface area contributed by atoms with Gasteiger partial charge in [0.25, 0.3) is 11.7 Å². The van der Waals surface area contributed by atoms with Crippen molar-refractivity contribution in [2.75, 3.05) is 31.1 Å². The van der Waals surface area contributed by atoms with E-state index in [1.807, 2.05) is 17.9 Å². The summed E-state index contributed by atoms with van der Waals surface area (Å²) in [4.78, 5) is 25.2. The molecule has 9 heteroatoms. The summed E-state index contributed by atoms with van der Waals surface area (Å²) in [6.07, 6.45) is 3.15. The van der Waals surface area contributed by atoms with Crippen LogP contribution in [0.15, 0.2) is 24.7 Å². The summed E-state index contributed by atoms with van der Waals surface area (Å²) in [6.45, 7) is 4.73. The first-order valence-electron chi connectivity index (χ1n) is 7.83. The fourth-order valence-electron chi connectivity index (χ4n) is 3.02. The number of hydrogen-bond acceptors (Lipinski definition) is 6. The van der Waals surface area contributed by atoms with Crippen molar-refractivity contribution in [3.8, 4) is 0 Å². The Morgan fingerprint density at radius 3 is 2.67 bits per heavy atom. The number of rotatable bonds is 2. The minimum Gasteiger partial charge on any atom is -0.353 e. The quantitative estimate of drug-likeness (QED) is 0.665. The number of aromatic nitrogens is 6. The van der Waals surface area contributed by atoms with Crippen molar-refractivity contribution in [3.63, 3.8) is 0 Å². The fourth-order valence-corrected chi connectivity index (χ4v) is 3.02. The van der Waals surface area contributed by atoms with Crippen LogP contribution in [0, 0.1) is 6.92 Å². The molecule has 0 saturated carbocycles. The molecule has 0 bridgehead atoms. The van der Waals surface area contributed by atoms with Gasteiger partial charge in [-0.15, -0.1) is 0 Å². The predicted octanol–water partition coefficient (Wildman–Crippen LogP) is 0.129. The normalized spacial score (nSPS) is 15.2. The zero-order valence-corrected chi connectivity index (χ0v) is 13.6. The lowest BCUT2D eigenvalue weighted by atomic mass is 10.2. The number of amides is 1. The first kappa shape index (κ1) is 14.6. The molecule has 3 aromatic heterocycles. The lowest BCUT2D eigenvalue weighted by molar-refractivity contribution is 0.0735. The summed E-state index contributed by atoms with van der Waals surface area (Å²) < 4.78 is 3.35. The molecule has 0 N–H and O–H groups in total. The second-order valence-electron chi connectivity index (χ2n) is 5.85. The van der Waals surface area contributed by atoms with Gasteiger partial charge < -0.3 is 9.80 Å². The highest BCUT2D eigenvalue weighted by atomic mass is 16.2. The number of hydrogen-bond donors (Lipinski definition) is 0. The van der Waals surface area contributed by atoms with E-state index in [0.29, 0.717) is 24.6 Å². The SMILES string of the molecule is Cc1cc(N2CCN(C(=O)c3ccnn3C)CC2)n2ncnc2n1. The molecule has 3 aromatic rings. The summed E-state index contributed by atoms with van der Waals surface area (Å²) in [5.74, 6) is 1.58. The van der Waals surface area contributed by atoms with E-state index in [0.717, 1.165) is 24.6 Å². The number of aryl methyl sites for hydroxylation is 2. The van der Waals surface area contributed by atoms with E-state index in [1.54, 1.807) is 28.5 Å². The Balaban J connectivity index is 1.53. The van der Waals surface area contributed by atoms with Crippen molar-refractivity contribution in [3.05, 3.63) is 36.0 Å². The number of carbonyl (C=O) groups excluding carboxylic acids is 1. The summed E-state index contributed by atoms with van der Waals surface area (Å²) in [6, 6.07) is 3.75. The van der Waals surface area contributed by atoms with Crippen LogP contribution >= 0.6 is 0 Å². The van der Waals surface area contributed by atoms with E-state index in [-0.39, 0.29) is 5.91 Å². The molecular formula is C15H18N8O. The predicted molar refractivity (Wildman–Crippen MR) is 86.8 cm³/mol. The number of anilines is 1. The summed E-state index contributed by atoms with van der Waals surface area (Å²) in [5, 5.41) is 8.32. The maximum Gasteiger partial charge on any atom is 0.272 e. The third-order valence-electron chi connectivity index (χ3n) is 4.29. The van der Waals surface area contributed by atoms with Crippen LogP contribution in [-0.2, 0) is 7.05 Å². The van der Waals surface area contributed by atoms with Gasteiger partial charge in [-0.1, -0.05) is 0 Å². The van der Waals surface area contributed by atoms with Crippen LogP contribution < -0.4 is 4.90 Å². The number of fused-ring (bicyclic) bond motifs is 1. The van der Waals surface area contributed by atoms with Crippen LogP contribution in [0.4, 0.5) is 5.82 Å². The monoisotopic (exact) mass is 326 g/mol. The molecule has 24 heavy (non-hydrogen) atoms. The summed E-state index contributed by atoms with van der Waals surface area (Å²) in [7, 11) is 1.78. The molecule has 4 rings (SSSR count). The molecule has 1 aliphatic heterocycles. The molecule has 0 atom stereocenters. The van der Waals surface area contributed by atoms with E-state index in [9.17, 15) is 4.79 Å². The van der Waals surface area contributed by atoms with E-state index in [2.05, 4.69) is 25.1 Å². The highest BCUT2D eigenvalue weighted by Gasteiger charge is 2.25. The second-order valence-corrected chi connectivity index (χ2v) is 5.85. The zero-order valence-electron chi connectivity index (χ0n) is 13.6. The molecule has 124 valence electrons. The van der Waals surface area contributed by atoms with E-state index < -0.39 is 0 Å². The third-order valence-corrected chi connectivity index (χ3v) is 4.29. The van der Waals surface area contributed by atoms with Gasteiger partial charge in [-0.25, -0.2) is 4.98 Å². The lowest BCUT2D eigenvalue weighted by Gasteiger charge is -2.35. The Kier molecular flexibility index (Phi) is 3.40. The zero-order chi connectivity index (χ0) is 16.7. The maximum atomic E-state index is 12.6. The topological polar surface area (TPSA) is 84.5 Å². The molecule has 0 radical (unpaired) electrons. The van der Waals surface area contributed by atoms with Gasteiger partial charge in [0.2, 0.25) is 0 Å². The standard InChI is InChI=1S/C15H18N8O/c1-11-9-13(23-15(19-11)16-10-18-23)21-5-7-22(8-6-21)14(24)12-3-4-17-20(12)2/h3-4,9-10H,5-8H2,1-2H3. The van der Waals surface area contributed by atoms with Gasteiger partial charge in [-0.3, -0.25) is 9.48 Å². The van der Waals surface area contributed by atoms with Crippen molar-refractivity contribution in [2.24, 2.45) is 7.05 Å². The Morgan fingerprint density at radius 2 is 1.96 bits per heavy atom. The lowest BCUT2D eigenvalue weighted by Crippen LogP contribution is -2.49. The number of piperazine rings is 1. The Hall–Kier alpha value is -2.97. The van der Waals surface area contributed by atoms with Gasteiger partial charge in [0.1, 0.15) is 17.8 Å². The second kappa shape index (κ2) is 5.59. The largest absolute Gasteiger partial charge is 0.353 e. The average molecular weight is 326 g/mol. The minimum absolute atomic E-state index is 0.0199. The van der Waals surface area contributed by atoms with Crippen LogP contribution in [0.1, 0.15) is 16.2 Å². The number of nitrogens with zero attached hydrogens (tertiary/aromatic N) is 8. The fraction of sp³-hybridized carbons (Fsp3) is 0.400. The van der Waals surface area contributed by atoms with Crippen molar-refractivity contribution < 1.29 is 4.79 Å². The van der Waals surface area contributed by atoms with Crippen molar-refractivity contribution in [2.45, 2.75) is 6.92 Å². The van der Waals surface area contributed by atoms with E-state index in [4.69, 9.17) is 0 Å². The Morgan fingerprint density at radius 1 is 1.17 bits per heavy atom. The van der Waals surface area contributed by atoms with Crippen molar-refractivity contribution >= 4 is 17.5 Å². The smallest absolute Gasteiger partial charge is 0.272 e. The third kappa shape index (κ3) is 2.38. The molecule has 1 amide bonds. The van der Waals surface area contributed by atoms with Gasteiger partial charge in [0.05, 0.1) is 0 Å². The molecule has 4 heterocycles. The Bertz CT molecular complexity index is 890. The molecule has 9 nitrogen and oxygen atoms in total. The molecule has 1 fully saturated rings. The van der Waals surface area contributed by atoms with Crippen LogP contribution in [0.5, 0.6) is 0 Å². The molecule has 0 aromatic carbocycles. The van der Waals surface area contributed by atoms with Crippen LogP contribution in [0.2, 0.25) is 0 Å². The molecule has 1 saturated heterocycles. The summed E-state index contributed by atoms with van der Waals surface area (Å²) >= 11 is 0. The van der Waals surface area contributed by atoms with Crippen LogP contribution in [0.25, 0.3) is 5.78 Å². The van der Waals surface area contributed by atoms with Crippen LogP contribution in [-0.4, -0.2) is 66.3 Å². The molecule has 0 spiro atoms. The van der Waals surface area contributed by atoms with Gasteiger partial charge in [-0.2, -0.15) is 19.7 Å². The average Bonchev–Trinajstić information content (AvgIpc) is 3.22. The molecular weight excluding hydrogens is 308 g/mol. The first-order chi connectivity index (χ1) is 11.6. The van der Waals surface area contributed by atoms with E-state index in [1.165, 1.54) is 6.33 Å². The van der Waals surface area contributed by atoms with Gasteiger partial charge in [0, 0.05) is 51.2 Å². The first-order valence-corrected chi connectivity index (χ1v) is 7.83. The molecule has 0 unspecified atom stereocenters. The van der Waals surface area contributed by atoms with E-state index >= 15 is 0 Å². The maximum absolute atomic E-state index is 12.6. The van der Waals surface area contributed by atoms with Crippen molar-refractivity contribution in [1.82, 2.24) is 34.3 Å². The molecule has 0 aliphatic carbocycles. The van der Waals surface area contributed by atoms with Gasteiger partial charge in [-0.05, 0) is 13.0 Å². The van der Waals surface area contributed by atoms with Gasteiger partial charge >= 0.3 is 0 Å². The molecule has 1 aliphatic rings. The highest BCUT2D eigenvalue weighted by molar-refractivity contribution is 5.92. The number of carbonyl (C=O) groups is 1. The Labute approximate surface area is 138 Å². The summed E-state index contributed by atoms with van der Waals surface area (Å²) in [5.41, 5.74) is 1.51. The van der Waals surface area contributed by atoms with Gasteiger partial charge in [0.15, 0.2) is 0 Å². The minimum atomic E-state index is 0.0199. The highest BCUT2D eigenvalue weighted by Crippen LogP contribution is 2.18. The van der Waals surface area contributed by atoms with Crippen molar-refractivity contribution in [1.29, 1.82) is 0 Å². The van der Waals surface area contributed by atoms with Crippen LogP contribution in [0.3, 0.4) is 0 Å².